The number of para-hydroxylation sites is 2. The number of nitrogens with zero attached hydrogens (tertiary/aromatic N) is 2. The predicted molar refractivity (Wildman–Crippen MR) is 94.8 cm³/mol. The minimum Gasteiger partial charge on any atom is -0.383 e. The summed E-state index contributed by atoms with van der Waals surface area (Å²) < 4.78 is 7.32. The number of methoxy groups -OCH3 is 1. The van der Waals surface area contributed by atoms with Crippen LogP contribution in [0.25, 0.3) is 11.0 Å². The van der Waals surface area contributed by atoms with Crippen LogP contribution in [0.5, 0.6) is 0 Å². The smallest absolute Gasteiger partial charge is 0.233 e. The van der Waals surface area contributed by atoms with E-state index < -0.39 is 0 Å². The number of rotatable bonds is 8. The van der Waals surface area contributed by atoms with Crippen LogP contribution in [0.3, 0.4) is 0 Å². The molecule has 0 saturated carbocycles. The molecular weight excluding hydrogens is 310 g/mol. The van der Waals surface area contributed by atoms with Crippen LogP contribution in [0, 0.1) is 5.92 Å². The number of imidazole rings is 1. The number of carbonyl (C=O) groups is 1. The van der Waals surface area contributed by atoms with Crippen molar-refractivity contribution < 1.29 is 9.53 Å². The van der Waals surface area contributed by atoms with Gasteiger partial charge in [0.15, 0.2) is 5.16 Å². The quantitative estimate of drug-likeness (QED) is 0.754. The molecule has 2 aromatic rings. The van der Waals surface area contributed by atoms with Gasteiger partial charge in [0.2, 0.25) is 5.91 Å². The van der Waals surface area contributed by atoms with Crippen LogP contribution in [0.2, 0.25) is 0 Å². The summed E-state index contributed by atoms with van der Waals surface area (Å²) in [5.74, 6) is 0.497. The van der Waals surface area contributed by atoms with E-state index in [-0.39, 0.29) is 11.2 Å². The number of hydrogen-bond donors (Lipinski definition) is 1. The first-order valence-corrected chi connectivity index (χ1v) is 8.79. The molecule has 2 rings (SSSR count). The lowest BCUT2D eigenvalue weighted by molar-refractivity contribution is -0.120. The highest BCUT2D eigenvalue weighted by Crippen LogP contribution is 2.27. The van der Waals surface area contributed by atoms with Gasteiger partial charge in [-0.25, -0.2) is 4.98 Å². The molecule has 0 radical (unpaired) electrons. The zero-order chi connectivity index (χ0) is 16.8. The third kappa shape index (κ3) is 4.72. The number of benzene rings is 1. The molecule has 0 aliphatic rings. The molecule has 23 heavy (non-hydrogen) atoms. The molecule has 1 atom stereocenters. The lowest BCUT2D eigenvalue weighted by atomic mass is 10.2. The van der Waals surface area contributed by atoms with Gasteiger partial charge in [0, 0.05) is 20.2 Å². The summed E-state index contributed by atoms with van der Waals surface area (Å²) in [4.78, 5) is 16.9. The maximum Gasteiger partial charge on any atom is 0.233 e. The number of nitrogens with one attached hydrogen (secondary N) is 1. The van der Waals surface area contributed by atoms with Crippen molar-refractivity contribution in [3.63, 3.8) is 0 Å². The zero-order valence-electron chi connectivity index (χ0n) is 14.2. The highest BCUT2D eigenvalue weighted by molar-refractivity contribution is 8.00. The molecule has 0 fully saturated rings. The van der Waals surface area contributed by atoms with Crippen LogP contribution in [0.4, 0.5) is 0 Å². The van der Waals surface area contributed by atoms with E-state index in [9.17, 15) is 4.79 Å². The Balaban J connectivity index is 2.16. The van der Waals surface area contributed by atoms with Gasteiger partial charge in [0.1, 0.15) is 0 Å². The van der Waals surface area contributed by atoms with Crippen molar-refractivity contribution >= 4 is 28.7 Å². The van der Waals surface area contributed by atoms with Crippen LogP contribution >= 0.6 is 11.8 Å². The molecule has 0 aliphatic carbocycles. The highest BCUT2D eigenvalue weighted by atomic mass is 32.2. The summed E-state index contributed by atoms with van der Waals surface area (Å²) in [6.07, 6.45) is 0. The Morgan fingerprint density at radius 3 is 2.78 bits per heavy atom. The fraction of sp³-hybridized carbons (Fsp3) is 0.529. The fourth-order valence-electron chi connectivity index (χ4n) is 2.20. The van der Waals surface area contributed by atoms with Crippen molar-refractivity contribution in [2.75, 3.05) is 20.3 Å². The molecule has 1 N–H and O–H groups in total. The second kappa shape index (κ2) is 8.36. The van der Waals surface area contributed by atoms with Gasteiger partial charge >= 0.3 is 0 Å². The zero-order valence-corrected chi connectivity index (χ0v) is 15.0. The number of amides is 1. The first kappa shape index (κ1) is 17.8. The van der Waals surface area contributed by atoms with Gasteiger partial charge in [-0.15, -0.1) is 0 Å². The third-order valence-electron chi connectivity index (χ3n) is 3.47. The van der Waals surface area contributed by atoms with E-state index in [4.69, 9.17) is 4.74 Å². The second-order valence-electron chi connectivity index (χ2n) is 5.93. The minimum atomic E-state index is -0.188. The SMILES string of the molecule is COCCn1c(SC(C)C(=O)NCC(C)C)nc2ccccc21. The standard InChI is InChI=1S/C17H25N3O2S/c1-12(2)11-18-16(21)13(3)23-17-19-14-7-5-6-8-15(14)20(17)9-10-22-4/h5-8,12-13H,9-11H2,1-4H3,(H,18,21). The largest absolute Gasteiger partial charge is 0.383 e. The van der Waals surface area contributed by atoms with Crippen LogP contribution in [0.15, 0.2) is 29.4 Å². The van der Waals surface area contributed by atoms with E-state index in [1.54, 1.807) is 7.11 Å². The molecule has 1 amide bonds. The molecule has 0 saturated heterocycles. The normalized spacial score (nSPS) is 12.7. The van der Waals surface area contributed by atoms with E-state index in [0.717, 1.165) is 22.7 Å². The number of carbonyl (C=O) groups excluding carboxylic acids is 1. The Hall–Kier alpha value is -1.53. The van der Waals surface area contributed by atoms with Crippen LogP contribution in [0.1, 0.15) is 20.8 Å². The lowest BCUT2D eigenvalue weighted by Crippen LogP contribution is -2.33. The molecule has 6 heteroatoms. The molecule has 1 aromatic carbocycles. The molecular formula is C17H25N3O2S. The maximum atomic E-state index is 12.2. The highest BCUT2D eigenvalue weighted by Gasteiger charge is 2.19. The van der Waals surface area contributed by atoms with Gasteiger partial charge in [-0.2, -0.15) is 0 Å². The number of hydrogen-bond acceptors (Lipinski definition) is 4. The topological polar surface area (TPSA) is 56.1 Å². The van der Waals surface area contributed by atoms with Crippen molar-refractivity contribution in [2.24, 2.45) is 5.92 Å². The molecule has 0 spiro atoms. The molecule has 1 aromatic heterocycles. The molecule has 1 unspecified atom stereocenters. The Morgan fingerprint density at radius 2 is 2.09 bits per heavy atom. The molecule has 126 valence electrons. The summed E-state index contributed by atoms with van der Waals surface area (Å²) >= 11 is 1.49. The Kier molecular flexibility index (Phi) is 6.47. The predicted octanol–water partition coefficient (Wildman–Crippen LogP) is 2.94. The van der Waals surface area contributed by atoms with Crippen molar-refractivity contribution in [3.8, 4) is 0 Å². The third-order valence-corrected chi connectivity index (χ3v) is 4.56. The van der Waals surface area contributed by atoms with Crippen LogP contribution in [-0.4, -0.2) is 41.0 Å². The van der Waals surface area contributed by atoms with Gasteiger partial charge < -0.3 is 14.6 Å². The summed E-state index contributed by atoms with van der Waals surface area (Å²) in [6, 6.07) is 8.02. The van der Waals surface area contributed by atoms with Gasteiger partial charge in [0.25, 0.3) is 0 Å². The van der Waals surface area contributed by atoms with Crippen molar-refractivity contribution in [1.82, 2.24) is 14.9 Å². The number of ether oxygens (including phenoxy) is 1. The van der Waals surface area contributed by atoms with Gasteiger partial charge in [-0.3, -0.25) is 4.79 Å². The summed E-state index contributed by atoms with van der Waals surface area (Å²) in [5, 5.41) is 3.65. The van der Waals surface area contributed by atoms with Gasteiger partial charge in [-0.05, 0) is 25.0 Å². The lowest BCUT2D eigenvalue weighted by Gasteiger charge is -2.14. The first-order chi connectivity index (χ1) is 11.0. The Morgan fingerprint density at radius 1 is 1.35 bits per heavy atom. The molecule has 1 heterocycles. The number of aromatic nitrogens is 2. The van der Waals surface area contributed by atoms with E-state index in [0.29, 0.717) is 19.1 Å². The van der Waals surface area contributed by atoms with Crippen LogP contribution < -0.4 is 5.32 Å². The van der Waals surface area contributed by atoms with E-state index >= 15 is 0 Å². The first-order valence-electron chi connectivity index (χ1n) is 7.91. The van der Waals surface area contributed by atoms with Crippen LogP contribution in [-0.2, 0) is 16.1 Å². The minimum absolute atomic E-state index is 0.0500. The molecule has 5 nitrogen and oxygen atoms in total. The average Bonchev–Trinajstić information content (AvgIpc) is 2.87. The van der Waals surface area contributed by atoms with E-state index in [1.807, 2.05) is 31.2 Å². The number of thioether (sulfide) groups is 1. The average molecular weight is 335 g/mol. The van der Waals surface area contributed by atoms with Crippen molar-refractivity contribution in [1.29, 1.82) is 0 Å². The van der Waals surface area contributed by atoms with Gasteiger partial charge in [0.05, 0.1) is 22.9 Å². The Labute approximate surface area is 141 Å². The van der Waals surface area contributed by atoms with Crippen molar-refractivity contribution in [3.05, 3.63) is 24.3 Å². The maximum absolute atomic E-state index is 12.2. The fourth-order valence-corrected chi connectivity index (χ4v) is 3.18. The van der Waals surface area contributed by atoms with E-state index in [1.165, 1.54) is 11.8 Å². The van der Waals surface area contributed by atoms with E-state index in [2.05, 4.69) is 28.7 Å². The summed E-state index contributed by atoms with van der Waals surface area (Å²) in [7, 11) is 1.69. The number of fused-ring (bicyclic) bond motifs is 1. The molecule has 0 aliphatic heterocycles. The molecule has 0 bridgehead atoms. The van der Waals surface area contributed by atoms with Gasteiger partial charge in [-0.1, -0.05) is 37.7 Å². The summed E-state index contributed by atoms with van der Waals surface area (Å²) in [5.41, 5.74) is 2.02. The monoisotopic (exact) mass is 335 g/mol. The second-order valence-corrected chi connectivity index (χ2v) is 7.23. The van der Waals surface area contributed by atoms with Crippen molar-refractivity contribution in [2.45, 2.75) is 37.7 Å². The Bertz CT molecular complexity index is 654. The summed E-state index contributed by atoms with van der Waals surface area (Å²) in [6.45, 7) is 8.12.